The number of carbonyl (C=O) groups is 1. The second-order valence-corrected chi connectivity index (χ2v) is 6.04. The van der Waals surface area contributed by atoms with Gasteiger partial charge in [0.25, 0.3) is 5.91 Å². The number of carbonyl (C=O) groups excluding carboxylic acids is 1. The summed E-state index contributed by atoms with van der Waals surface area (Å²) in [7, 11) is 0. The maximum absolute atomic E-state index is 13.7. The Morgan fingerprint density at radius 3 is 2.45 bits per heavy atom. The molecule has 0 aliphatic rings. The Labute approximate surface area is 129 Å². The largest absolute Gasteiger partial charge is 0.347 e. The maximum atomic E-state index is 13.7. The molecule has 0 bridgehead atoms. The number of benzene rings is 2. The Kier molecular flexibility index (Phi) is 4.59. The summed E-state index contributed by atoms with van der Waals surface area (Å²) in [6.45, 7) is 5.71. The minimum Gasteiger partial charge on any atom is -0.347 e. The molecular weight excluding hydrogens is 284 g/mol. The van der Waals surface area contributed by atoms with E-state index in [2.05, 4.69) is 5.32 Å². The number of nitrogens with one attached hydrogen (secondary N) is 1. The summed E-state index contributed by atoms with van der Waals surface area (Å²) in [5.74, 6) is -2.76. The minimum atomic E-state index is -1.12. The van der Waals surface area contributed by atoms with E-state index in [0.29, 0.717) is 6.42 Å². The molecule has 0 spiro atoms. The van der Waals surface area contributed by atoms with Gasteiger partial charge in [0.2, 0.25) is 0 Å². The van der Waals surface area contributed by atoms with Crippen molar-refractivity contribution >= 4 is 5.91 Å². The third-order valence-electron chi connectivity index (χ3n) is 3.54. The first-order valence-electron chi connectivity index (χ1n) is 7.11. The van der Waals surface area contributed by atoms with Crippen molar-refractivity contribution in [2.45, 2.75) is 32.7 Å². The molecule has 0 aliphatic heterocycles. The van der Waals surface area contributed by atoms with Crippen molar-refractivity contribution in [3.05, 3.63) is 70.8 Å². The molecule has 0 fully saturated rings. The average molecular weight is 303 g/mol. The third kappa shape index (κ3) is 3.70. The second kappa shape index (κ2) is 6.26. The summed E-state index contributed by atoms with van der Waals surface area (Å²) in [5, 5.41) is 2.77. The van der Waals surface area contributed by atoms with Crippen LogP contribution < -0.4 is 5.32 Å². The van der Waals surface area contributed by atoms with Crippen molar-refractivity contribution in [1.29, 1.82) is 0 Å². The summed E-state index contributed by atoms with van der Waals surface area (Å²) in [5.41, 5.74) is 1.37. The van der Waals surface area contributed by atoms with Gasteiger partial charge in [-0.05, 0) is 50.5 Å². The molecule has 0 atom stereocenters. The molecule has 2 nitrogen and oxygen atoms in total. The van der Waals surface area contributed by atoms with Crippen LogP contribution in [0, 0.1) is 18.6 Å². The number of rotatable bonds is 4. The standard InChI is InChI=1S/C18H19F2NO/c1-12-7-4-5-8-13(12)11-18(2,3)21-17(22)14-9-6-10-15(19)16(14)20/h4-10H,11H2,1-3H3,(H,21,22). The molecule has 0 unspecified atom stereocenters. The normalized spacial score (nSPS) is 11.3. The smallest absolute Gasteiger partial charge is 0.254 e. The van der Waals surface area contributed by atoms with Crippen LogP contribution >= 0.6 is 0 Å². The predicted octanol–water partition coefficient (Wildman–Crippen LogP) is 4.02. The van der Waals surface area contributed by atoms with Crippen LogP contribution in [0.2, 0.25) is 0 Å². The van der Waals surface area contributed by atoms with Gasteiger partial charge in [0.05, 0.1) is 5.56 Å². The van der Waals surface area contributed by atoms with Gasteiger partial charge in [0, 0.05) is 5.54 Å². The number of halogens is 2. The topological polar surface area (TPSA) is 29.1 Å². The molecule has 2 aromatic rings. The summed E-state index contributed by atoms with van der Waals surface area (Å²) in [6, 6.07) is 11.5. The first kappa shape index (κ1) is 16.1. The number of amides is 1. The Bertz CT molecular complexity index is 695. The molecule has 1 amide bonds. The molecule has 2 aromatic carbocycles. The van der Waals surface area contributed by atoms with Crippen molar-refractivity contribution in [3.63, 3.8) is 0 Å². The highest BCUT2D eigenvalue weighted by atomic mass is 19.2. The highest BCUT2D eigenvalue weighted by Gasteiger charge is 2.24. The van der Waals surface area contributed by atoms with Crippen molar-refractivity contribution < 1.29 is 13.6 Å². The molecule has 22 heavy (non-hydrogen) atoms. The van der Waals surface area contributed by atoms with Crippen LogP contribution in [0.5, 0.6) is 0 Å². The minimum absolute atomic E-state index is 0.280. The van der Waals surface area contributed by atoms with Crippen LogP contribution in [0.4, 0.5) is 8.78 Å². The summed E-state index contributed by atoms with van der Waals surface area (Å²) in [6.07, 6.45) is 0.600. The predicted molar refractivity (Wildman–Crippen MR) is 82.8 cm³/mol. The summed E-state index contributed by atoms with van der Waals surface area (Å²) in [4.78, 5) is 12.2. The Morgan fingerprint density at radius 2 is 1.77 bits per heavy atom. The van der Waals surface area contributed by atoms with E-state index in [9.17, 15) is 13.6 Å². The lowest BCUT2D eigenvalue weighted by Crippen LogP contribution is -2.45. The molecule has 4 heteroatoms. The summed E-state index contributed by atoms with van der Waals surface area (Å²) < 4.78 is 26.9. The highest BCUT2D eigenvalue weighted by Crippen LogP contribution is 2.18. The zero-order chi connectivity index (χ0) is 16.3. The van der Waals surface area contributed by atoms with Gasteiger partial charge in [-0.25, -0.2) is 8.78 Å². The number of hydrogen-bond donors (Lipinski definition) is 1. The molecule has 116 valence electrons. The maximum Gasteiger partial charge on any atom is 0.254 e. The van der Waals surface area contributed by atoms with Gasteiger partial charge in [-0.1, -0.05) is 30.3 Å². The first-order valence-corrected chi connectivity index (χ1v) is 7.11. The Balaban J connectivity index is 2.16. The quantitative estimate of drug-likeness (QED) is 0.908. The monoisotopic (exact) mass is 303 g/mol. The molecule has 1 N–H and O–H groups in total. The Morgan fingerprint density at radius 1 is 1.09 bits per heavy atom. The number of aryl methyl sites for hydroxylation is 1. The van der Waals surface area contributed by atoms with E-state index in [1.54, 1.807) is 0 Å². The van der Waals surface area contributed by atoms with Crippen molar-refractivity contribution in [2.24, 2.45) is 0 Å². The van der Waals surface area contributed by atoms with Crippen LogP contribution in [0.3, 0.4) is 0 Å². The molecule has 0 saturated carbocycles. The average Bonchev–Trinajstić information content (AvgIpc) is 2.43. The second-order valence-electron chi connectivity index (χ2n) is 6.04. The van der Waals surface area contributed by atoms with Gasteiger partial charge in [0.1, 0.15) is 0 Å². The zero-order valence-electron chi connectivity index (χ0n) is 12.9. The van der Waals surface area contributed by atoms with Crippen LogP contribution in [0.25, 0.3) is 0 Å². The lowest BCUT2D eigenvalue weighted by molar-refractivity contribution is 0.0907. The van der Waals surface area contributed by atoms with Crippen molar-refractivity contribution in [2.75, 3.05) is 0 Å². The lowest BCUT2D eigenvalue weighted by Gasteiger charge is -2.27. The van der Waals surface area contributed by atoms with E-state index in [4.69, 9.17) is 0 Å². The lowest BCUT2D eigenvalue weighted by atomic mass is 9.92. The van der Waals surface area contributed by atoms with E-state index in [0.717, 1.165) is 17.2 Å². The Hall–Kier alpha value is -2.23. The molecule has 0 aromatic heterocycles. The highest BCUT2D eigenvalue weighted by molar-refractivity contribution is 5.94. The summed E-state index contributed by atoms with van der Waals surface area (Å²) >= 11 is 0. The molecule has 2 rings (SSSR count). The molecular formula is C18H19F2NO. The number of hydrogen-bond acceptors (Lipinski definition) is 1. The third-order valence-corrected chi connectivity index (χ3v) is 3.54. The van der Waals surface area contributed by atoms with Crippen LogP contribution in [0.1, 0.15) is 35.3 Å². The molecule has 0 saturated heterocycles. The van der Waals surface area contributed by atoms with Crippen LogP contribution in [-0.4, -0.2) is 11.4 Å². The van der Waals surface area contributed by atoms with E-state index in [-0.39, 0.29) is 5.56 Å². The zero-order valence-corrected chi connectivity index (χ0v) is 12.9. The van der Waals surface area contributed by atoms with E-state index >= 15 is 0 Å². The van der Waals surface area contributed by atoms with Crippen molar-refractivity contribution in [1.82, 2.24) is 5.32 Å². The van der Waals surface area contributed by atoms with Crippen LogP contribution in [0.15, 0.2) is 42.5 Å². The van der Waals surface area contributed by atoms with Gasteiger partial charge >= 0.3 is 0 Å². The first-order chi connectivity index (χ1) is 10.3. The fourth-order valence-corrected chi connectivity index (χ4v) is 2.38. The van der Waals surface area contributed by atoms with E-state index in [1.165, 1.54) is 12.1 Å². The van der Waals surface area contributed by atoms with Gasteiger partial charge in [-0.2, -0.15) is 0 Å². The SMILES string of the molecule is Cc1ccccc1CC(C)(C)NC(=O)c1cccc(F)c1F. The molecule has 0 heterocycles. The van der Waals surface area contributed by atoms with Gasteiger partial charge in [-0.3, -0.25) is 4.79 Å². The van der Waals surface area contributed by atoms with Gasteiger partial charge < -0.3 is 5.32 Å². The van der Waals surface area contributed by atoms with Gasteiger partial charge in [0.15, 0.2) is 11.6 Å². The molecule has 0 aliphatic carbocycles. The van der Waals surface area contributed by atoms with E-state index in [1.807, 2.05) is 45.0 Å². The molecule has 0 radical (unpaired) electrons. The fraction of sp³-hybridized carbons (Fsp3) is 0.278. The van der Waals surface area contributed by atoms with Gasteiger partial charge in [-0.15, -0.1) is 0 Å². The van der Waals surface area contributed by atoms with Crippen molar-refractivity contribution in [3.8, 4) is 0 Å². The van der Waals surface area contributed by atoms with Crippen LogP contribution in [-0.2, 0) is 6.42 Å². The van der Waals surface area contributed by atoms with E-state index < -0.39 is 23.1 Å². The fourth-order valence-electron chi connectivity index (χ4n) is 2.38.